The average Bonchev–Trinajstić information content (AvgIpc) is 2.30. The third-order valence-electron chi connectivity index (χ3n) is 2.49. The van der Waals surface area contributed by atoms with Gasteiger partial charge in [0.1, 0.15) is 5.82 Å². The minimum absolute atomic E-state index is 0.00306. The standard InChI is InChI=1S/C11H16BrFN2O2S/c1-3-5-15(4-2)18(16,17)11-7-10(14)9(13)6-8(11)12/h6-7H,3-5,14H2,1-2H3. The van der Waals surface area contributed by atoms with E-state index in [-0.39, 0.29) is 15.1 Å². The van der Waals surface area contributed by atoms with Crippen LogP contribution in [0.4, 0.5) is 10.1 Å². The van der Waals surface area contributed by atoms with Gasteiger partial charge < -0.3 is 5.73 Å². The molecule has 0 unspecified atom stereocenters. The van der Waals surface area contributed by atoms with Crippen LogP contribution in [-0.4, -0.2) is 25.8 Å². The minimum atomic E-state index is -3.64. The number of sulfonamides is 1. The van der Waals surface area contributed by atoms with E-state index < -0.39 is 15.8 Å². The van der Waals surface area contributed by atoms with Crippen LogP contribution in [-0.2, 0) is 10.0 Å². The first-order valence-corrected chi connectivity index (χ1v) is 7.82. The Bertz CT molecular complexity index is 534. The number of nitrogens with two attached hydrogens (primary N) is 1. The predicted octanol–water partition coefficient (Wildman–Crippen LogP) is 2.59. The number of benzene rings is 1. The van der Waals surface area contributed by atoms with Crippen LogP contribution >= 0.6 is 15.9 Å². The number of halogens is 2. The zero-order valence-electron chi connectivity index (χ0n) is 10.3. The molecule has 0 aromatic heterocycles. The number of nitrogens with zero attached hydrogens (tertiary/aromatic N) is 1. The van der Waals surface area contributed by atoms with Gasteiger partial charge in [-0.1, -0.05) is 13.8 Å². The molecule has 0 amide bonds. The fourth-order valence-electron chi connectivity index (χ4n) is 1.58. The van der Waals surface area contributed by atoms with Crippen LogP contribution in [0.5, 0.6) is 0 Å². The first kappa shape index (κ1) is 15.4. The lowest BCUT2D eigenvalue weighted by Crippen LogP contribution is -2.32. The van der Waals surface area contributed by atoms with E-state index in [0.717, 1.165) is 12.1 Å². The highest BCUT2D eigenvalue weighted by Gasteiger charge is 2.25. The molecule has 0 heterocycles. The van der Waals surface area contributed by atoms with Gasteiger partial charge in [-0.25, -0.2) is 12.8 Å². The fraction of sp³-hybridized carbons (Fsp3) is 0.455. The summed E-state index contributed by atoms with van der Waals surface area (Å²) in [6.45, 7) is 4.43. The third-order valence-corrected chi connectivity index (χ3v) is 5.43. The van der Waals surface area contributed by atoms with Gasteiger partial charge in [-0.2, -0.15) is 4.31 Å². The molecule has 4 nitrogen and oxygen atoms in total. The molecule has 0 fully saturated rings. The summed E-state index contributed by atoms with van der Waals surface area (Å²) in [4.78, 5) is -0.00306. The Labute approximate surface area is 115 Å². The van der Waals surface area contributed by atoms with Crippen LogP contribution in [0.3, 0.4) is 0 Å². The minimum Gasteiger partial charge on any atom is -0.396 e. The average molecular weight is 339 g/mol. The molecule has 18 heavy (non-hydrogen) atoms. The number of anilines is 1. The van der Waals surface area contributed by atoms with Crippen LogP contribution in [0.25, 0.3) is 0 Å². The maximum atomic E-state index is 13.2. The Morgan fingerprint density at radius 3 is 2.50 bits per heavy atom. The summed E-state index contributed by atoms with van der Waals surface area (Å²) in [5.74, 6) is -0.639. The second kappa shape index (κ2) is 5.99. The Balaban J connectivity index is 3.32. The quantitative estimate of drug-likeness (QED) is 0.839. The summed E-state index contributed by atoms with van der Waals surface area (Å²) < 4.78 is 39.4. The summed E-state index contributed by atoms with van der Waals surface area (Å²) in [6.07, 6.45) is 0.710. The lowest BCUT2D eigenvalue weighted by molar-refractivity contribution is 0.426. The number of hydrogen-bond acceptors (Lipinski definition) is 3. The summed E-state index contributed by atoms with van der Waals surface area (Å²) >= 11 is 3.06. The van der Waals surface area contributed by atoms with Gasteiger partial charge in [0, 0.05) is 17.6 Å². The summed E-state index contributed by atoms with van der Waals surface area (Å²) in [7, 11) is -3.64. The molecule has 0 radical (unpaired) electrons. The molecule has 0 atom stereocenters. The Hall–Kier alpha value is -0.660. The SMILES string of the molecule is CCCN(CC)S(=O)(=O)c1cc(N)c(F)cc1Br. The topological polar surface area (TPSA) is 63.4 Å². The summed E-state index contributed by atoms with van der Waals surface area (Å²) in [5.41, 5.74) is 5.25. The van der Waals surface area contributed by atoms with Crippen molar-refractivity contribution in [3.8, 4) is 0 Å². The molecule has 2 N–H and O–H groups in total. The van der Waals surface area contributed by atoms with E-state index in [2.05, 4.69) is 15.9 Å². The first-order chi connectivity index (χ1) is 8.34. The number of nitrogen functional groups attached to an aromatic ring is 1. The van der Waals surface area contributed by atoms with E-state index in [1.807, 2.05) is 6.92 Å². The zero-order chi connectivity index (χ0) is 13.9. The molecule has 7 heteroatoms. The normalized spacial score (nSPS) is 12.1. The van der Waals surface area contributed by atoms with Gasteiger partial charge in [0.05, 0.1) is 10.6 Å². The molecule has 0 saturated heterocycles. The van der Waals surface area contributed by atoms with Crippen molar-refractivity contribution >= 4 is 31.6 Å². The lowest BCUT2D eigenvalue weighted by atomic mass is 10.3. The van der Waals surface area contributed by atoms with Gasteiger partial charge >= 0.3 is 0 Å². The van der Waals surface area contributed by atoms with E-state index in [1.54, 1.807) is 6.92 Å². The molecular weight excluding hydrogens is 323 g/mol. The number of rotatable bonds is 5. The van der Waals surface area contributed by atoms with Gasteiger partial charge in [0.15, 0.2) is 0 Å². The van der Waals surface area contributed by atoms with Crippen molar-refractivity contribution in [2.45, 2.75) is 25.2 Å². The van der Waals surface area contributed by atoms with Crippen molar-refractivity contribution in [3.63, 3.8) is 0 Å². The highest BCUT2D eigenvalue weighted by atomic mass is 79.9. The van der Waals surface area contributed by atoms with Crippen LogP contribution in [0.15, 0.2) is 21.5 Å². The van der Waals surface area contributed by atoms with Crippen molar-refractivity contribution in [2.75, 3.05) is 18.8 Å². The molecule has 0 aliphatic heterocycles. The largest absolute Gasteiger partial charge is 0.396 e. The van der Waals surface area contributed by atoms with Crippen LogP contribution < -0.4 is 5.73 Å². The van der Waals surface area contributed by atoms with Crippen LogP contribution in [0.2, 0.25) is 0 Å². The van der Waals surface area contributed by atoms with Crippen LogP contribution in [0.1, 0.15) is 20.3 Å². The second-order valence-electron chi connectivity index (χ2n) is 3.80. The number of hydrogen-bond donors (Lipinski definition) is 1. The van der Waals surface area contributed by atoms with E-state index in [4.69, 9.17) is 5.73 Å². The molecule has 1 aromatic rings. The highest BCUT2D eigenvalue weighted by molar-refractivity contribution is 9.10. The van der Waals surface area contributed by atoms with Gasteiger partial charge in [-0.05, 0) is 34.5 Å². The molecule has 1 rings (SSSR count). The molecule has 102 valence electrons. The van der Waals surface area contributed by atoms with Gasteiger partial charge in [-0.3, -0.25) is 0 Å². The highest BCUT2D eigenvalue weighted by Crippen LogP contribution is 2.29. The van der Waals surface area contributed by atoms with Crippen molar-refractivity contribution in [3.05, 3.63) is 22.4 Å². The van der Waals surface area contributed by atoms with Gasteiger partial charge in [0.25, 0.3) is 0 Å². The first-order valence-electron chi connectivity index (χ1n) is 5.59. The molecule has 0 aliphatic rings. The molecule has 0 bridgehead atoms. The summed E-state index contributed by atoms with van der Waals surface area (Å²) in [6, 6.07) is 2.22. The zero-order valence-corrected chi connectivity index (χ0v) is 12.7. The fourth-order valence-corrected chi connectivity index (χ4v) is 4.13. The molecular formula is C11H16BrFN2O2S. The maximum Gasteiger partial charge on any atom is 0.244 e. The Morgan fingerprint density at radius 2 is 2.00 bits per heavy atom. The van der Waals surface area contributed by atoms with Crippen molar-refractivity contribution in [1.82, 2.24) is 4.31 Å². The maximum absolute atomic E-state index is 13.2. The Morgan fingerprint density at radius 1 is 1.39 bits per heavy atom. The van der Waals surface area contributed by atoms with E-state index >= 15 is 0 Å². The molecule has 1 aromatic carbocycles. The molecule has 0 aliphatic carbocycles. The molecule has 0 spiro atoms. The lowest BCUT2D eigenvalue weighted by Gasteiger charge is -2.20. The van der Waals surface area contributed by atoms with Crippen LogP contribution in [0, 0.1) is 5.82 Å². The third kappa shape index (κ3) is 3.02. The monoisotopic (exact) mass is 338 g/mol. The Kier molecular flexibility index (Phi) is 5.12. The van der Waals surface area contributed by atoms with Gasteiger partial charge in [-0.15, -0.1) is 0 Å². The van der Waals surface area contributed by atoms with E-state index in [1.165, 1.54) is 4.31 Å². The smallest absolute Gasteiger partial charge is 0.244 e. The second-order valence-corrected chi connectivity index (χ2v) is 6.56. The van der Waals surface area contributed by atoms with Crippen molar-refractivity contribution in [2.24, 2.45) is 0 Å². The summed E-state index contributed by atoms with van der Waals surface area (Å²) in [5, 5.41) is 0. The van der Waals surface area contributed by atoms with E-state index in [9.17, 15) is 12.8 Å². The molecule has 0 saturated carbocycles. The predicted molar refractivity (Wildman–Crippen MR) is 73.2 cm³/mol. The van der Waals surface area contributed by atoms with Crippen molar-refractivity contribution in [1.29, 1.82) is 0 Å². The van der Waals surface area contributed by atoms with E-state index in [0.29, 0.717) is 19.5 Å². The van der Waals surface area contributed by atoms with Crippen molar-refractivity contribution < 1.29 is 12.8 Å². The van der Waals surface area contributed by atoms with Gasteiger partial charge in [0.2, 0.25) is 10.0 Å².